The van der Waals surface area contributed by atoms with Crippen LogP contribution in [0.2, 0.25) is 0 Å². The van der Waals surface area contributed by atoms with Gasteiger partial charge in [0.1, 0.15) is 0 Å². The van der Waals surface area contributed by atoms with Gasteiger partial charge in [-0.1, -0.05) is 106 Å². The van der Waals surface area contributed by atoms with Crippen molar-refractivity contribution in [1.82, 2.24) is 18.8 Å². The van der Waals surface area contributed by atoms with Crippen LogP contribution in [-0.4, -0.2) is 18.8 Å². The normalized spacial score (nSPS) is 11.7. The second-order valence-corrected chi connectivity index (χ2v) is 13.6. The van der Waals surface area contributed by atoms with Crippen LogP contribution >= 0.6 is 0 Å². The van der Waals surface area contributed by atoms with Crippen molar-refractivity contribution in [3.63, 3.8) is 0 Å². The first kappa shape index (κ1) is 32.2. The minimum absolute atomic E-state index is 0. The summed E-state index contributed by atoms with van der Waals surface area (Å²) in [6.45, 7) is 8.70. The van der Waals surface area contributed by atoms with Crippen molar-refractivity contribution in [2.24, 2.45) is 0 Å². The van der Waals surface area contributed by atoms with E-state index >= 15 is 0 Å². The third-order valence-electron chi connectivity index (χ3n) is 10.4. The molecule has 0 radical (unpaired) electrons. The summed E-state index contributed by atoms with van der Waals surface area (Å²) in [5.41, 5.74) is 13.9. The van der Waals surface area contributed by atoms with Gasteiger partial charge < -0.3 is 13.5 Å². The van der Waals surface area contributed by atoms with Crippen molar-refractivity contribution in [2.45, 2.75) is 27.7 Å². The van der Waals surface area contributed by atoms with E-state index in [0.29, 0.717) is 11.5 Å². The summed E-state index contributed by atoms with van der Waals surface area (Å²) in [7, 11) is 0. The van der Waals surface area contributed by atoms with E-state index in [0.717, 1.165) is 54.6 Å². The van der Waals surface area contributed by atoms with Gasteiger partial charge in [0.2, 0.25) is 0 Å². The van der Waals surface area contributed by atoms with Gasteiger partial charge in [0.25, 0.3) is 0 Å². The van der Waals surface area contributed by atoms with Crippen LogP contribution in [0, 0.1) is 39.8 Å². The van der Waals surface area contributed by atoms with Crippen LogP contribution in [0.3, 0.4) is 0 Å². The third-order valence-corrected chi connectivity index (χ3v) is 10.4. The number of nitrogens with zero attached hydrogens (tertiary/aromatic N) is 4. The molecule has 4 heterocycles. The van der Waals surface area contributed by atoms with Crippen LogP contribution in [0.5, 0.6) is 11.5 Å². The van der Waals surface area contributed by atoms with Crippen LogP contribution in [0.1, 0.15) is 22.3 Å². The van der Waals surface area contributed by atoms with Gasteiger partial charge in [-0.2, -0.15) is 0 Å². The molecule has 252 valence electrons. The molecule has 10 aromatic rings. The Kier molecular flexibility index (Phi) is 7.53. The molecule has 52 heavy (non-hydrogen) atoms. The van der Waals surface area contributed by atoms with Crippen molar-refractivity contribution in [3.8, 4) is 33.8 Å². The quantitative estimate of drug-likeness (QED) is 0.131. The summed E-state index contributed by atoms with van der Waals surface area (Å²) in [5, 5.41) is 6.26. The van der Waals surface area contributed by atoms with Crippen molar-refractivity contribution in [3.05, 3.63) is 156 Å². The fourth-order valence-electron chi connectivity index (χ4n) is 8.13. The van der Waals surface area contributed by atoms with Crippen molar-refractivity contribution >= 4 is 54.6 Å². The summed E-state index contributed by atoms with van der Waals surface area (Å²) in [4.78, 5) is 9.52. The Balaban J connectivity index is 0.00000360. The van der Waals surface area contributed by atoms with Crippen LogP contribution in [-0.2, 0) is 21.1 Å². The van der Waals surface area contributed by atoms with Crippen molar-refractivity contribution in [1.29, 1.82) is 0 Å². The van der Waals surface area contributed by atoms with Crippen molar-refractivity contribution < 1.29 is 25.8 Å². The number of rotatable bonds is 4. The number of aromatic nitrogens is 4. The maximum Gasteiger partial charge on any atom is 2.00 e. The number of fused-ring (bicyclic) bond motifs is 12. The molecule has 0 aliphatic carbocycles. The van der Waals surface area contributed by atoms with Gasteiger partial charge in [-0.25, -0.2) is 0 Å². The van der Waals surface area contributed by atoms with Crippen LogP contribution in [0.25, 0.3) is 76.9 Å². The van der Waals surface area contributed by atoms with Gasteiger partial charge in [0.15, 0.2) is 0 Å². The molecule has 0 spiro atoms. The van der Waals surface area contributed by atoms with E-state index in [-0.39, 0.29) is 21.1 Å². The van der Waals surface area contributed by atoms with Gasteiger partial charge in [-0.3, -0.25) is 9.97 Å². The van der Waals surface area contributed by atoms with Crippen LogP contribution in [0.15, 0.2) is 122 Å². The Hall–Kier alpha value is -5.77. The first-order chi connectivity index (χ1) is 24.9. The molecule has 6 aromatic carbocycles. The van der Waals surface area contributed by atoms with Gasteiger partial charge in [-0.05, 0) is 95.1 Å². The van der Waals surface area contributed by atoms with E-state index in [2.05, 4.69) is 134 Å². The average molecular weight is 852 g/mol. The molecule has 0 unspecified atom stereocenters. The van der Waals surface area contributed by atoms with Crippen molar-refractivity contribution in [2.75, 3.05) is 0 Å². The van der Waals surface area contributed by atoms with Gasteiger partial charge in [0, 0.05) is 47.3 Å². The molecule has 6 heteroatoms. The Bertz CT molecular complexity index is 3020. The molecule has 10 rings (SSSR count). The summed E-state index contributed by atoms with van der Waals surface area (Å²) < 4.78 is 10.8. The molecular weight excluding hydrogens is 820 g/mol. The zero-order valence-corrected chi connectivity index (χ0v) is 31.3. The molecule has 5 nitrogen and oxygen atoms in total. The van der Waals surface area contributed by atoms with Gasteiger partial charge >= 0.3 is 21.1 Å². The predicted molar refractivity (Wildman–Crippen MR) is 208 cm³/mol. The summed E-state index contributed by atoms with van der Waals surface area (Å²) in [6.07, 6.45) is 7.73. The zero-order chi connectivity index (χ0) is 34.4. The van der Waals surface area contributed by atoms with E-state index in [1.165, 1.54) is 44.5 Å². The first-order valence-corrected chi connectivity index (χ1v) is 17.2. The maximum absolute atomic E-state index is 6.51. The second kappa shape index (κ2) is 12.2. The fraction of sp³-hybridized carbons (Fsp3) is 0.0870. The molecule has 0 atom stereocenters. The molecule has 0 N–H and O–H groups in total. The maximum atomic E-state index is 6.51. The molecule has 0 saturated heterocycles. The number of hydrogen-bond donors (Lipinski definition) is 0. The fourth-order valence-corrected chi connectivity index (χ4v) is 8.13. The summed E-state index contributed by atoms with van der Waals surface area (Å²) >= 11 is 0. The SMILES string of the molecule is Cc1cccc(C)c1-c1ccc2c(c1)c1ccc(Oc3[c-]c4c(cc3)c3ccc(-c5c(C)cccc5C)cc3n3ccnc43)[c-]c1c1nccn21.[Pt+2]. The first-order valence-electron chi connectivity index (χ1n) is 17.2. The Morgan fingerprint density at radius 1 is 0.500 bits per heavy atom. The smallest absolute Gasteiger partial charge is 0.497 e. The molecule has 0 amide bonds. The standard InChI is InChI=1S/C46H32N4O.Pt/c1-27-7-5-8-28(2)43(27)31-12-18-41-38(23-31)36-17-14-34(26-40(36)45-47-19-21-49(41)45)51-33-13-16-35-37-15-11-32(44-29(3)9-6-10-30(44)4)24-42(37)50-22-20-48-46(50)39(35)25-33;/h5-24H,1-4H3;/q-2;+2. The Morgan fingerprint density at radius 2 is 0.981 bits per heavy atom. The van der Waals surface area contributed by atoms with E-state index in [4.69, 9.17) is 14.7 Å². The molecule has 0 fully saturated rings. The predicted octanol–water partition coefficient (Wildman–Crippen LogP) is 11.6. The van der Waals surface area contributed by atoms with E-state index < -0.39 is 0 Å². The van der Waals surface area contributed by atoms with Crippen LogP contribution < -0.4 is 4.74 Å². The summed E-state index contributed by atoms with van der Waals surface area (Å²) in [6, 6.07) is 41.7. The number of hydrogen-bond acceptors (Lipinski definition) is 3. The Morgan fingerprint density at radius 3 is 1.56 bits per heavy atom. The van der Waals surface area contributed by atoms with E-state index in [1.807, 2.05) is 36.9 Å². The van der Waals surface area contributed by atoms with Gasteiger partial charge in [0.05, 0.1) is 11.3 Å². The van der Waals surface area contributed by atoms with E-state index in [9.17, 15) is 0 Å². The average Bonchev–Trinajstić information content (AvgIpc) is 3.83. The molecule has 0 aliphatic rings. The minimum Gasteiger partial charge on any atom is -0.497 e. The molecular formula is C46H32N4OPt. The van der Waals surface area contributed by atoms with E-state index in [1.54, 1.807) is 0 Å². The number of ether oxygens (including phenoxy) is 1. The number of benzene rings is 6. The largest absolute Gasteiger partial charge is 2.00 e. The molecule has 0 aliphatic heterocycles. The molecule has 0 saturated carbocycles. The molecule has 4 aromatic heterocycles. The number of pyridine rings is 2. The minimum atomic E-state index is 0. The van der Waals surface area contributed by atoms with Gasteiger partial charge in [-0.15, -0.1) is 12.1 Å². The topological polar surface area (TPSA) is 43.8 Å². The third kappa shape index (κ3) is 4.87. The summed E-state index contributed by atoms with van der Waals surface area (Å²) in [5.74, 6) is 1.21. The Labute approximate surface area is 315 Å². The number of aryl methyl sites for hydroxylation is 4. The van der Waals surface area contributed by atoms with Crippen LogP contribution in [0.4, 0.5) is 0 Å². The monoisotopic (exact) mass is 851 g/mol. The molecule has 0 bridgehead atoms. The number of imidazole rings is 2. The second-order valence-electron chi connectivity index (χ2n) is 13.6. The zero-order valence-electron chi connectivity index (χ0n) is 29.1.